The smallest absolute Gasteiger partial charge is 0.207 e. The Morgan fingerprint density at radius 1 is 0.962 bits per heavy atom. The number of fused-ring (bicyclic) bond motifs is 2. The molecule has 0 amide bonds. The highest BCUT2D eigenvalue weighted by Gasteiger charge is 2.49. The highest BCUT2D eigenvalue weighted by Crippen LogP contribution is 2.45. The van der Waals surface area contributed by atoms with Crippen molar-refractivity contribution in [1.29, 1.82) is 0 Å². The SMILES string of the molecule is O=S(=O)(c1ccccc1C(F)(F)F)N1C2CCC1CC(n1nccn1)C2. The molecule has 0 aliphatic carbocycles. The van der Waals surface area contributed by atoms with Crippen molar-refractivity contribution in [1.82, 2.24) is 19.3 Å². The molecule has 3 heterocycles. The first-order chi connectivity index (χ1) is 12.3. The Morgan fingerprint density at radius 2 is 1.54 bits per heavy atom. The van der Waals surface area contributed by atoms with Gasteiger partial charge in [-0.3, -0.25) is 0 Å². The maximum atomic E-state index is 13.3. The van der Waals surface area contributed by atoms with E-state index in [1.807, 2.05) is 0 Å². The summed E-state index contributed by atoms with van der Waals surface area (Å²) < 4.78 is 67.4. The molecule has 1 aromatic heterocycles. The molecule has 2 fully saturated rings. The van der Waals surface area contributed by atoms with Gasteiger partial charge in [-0.2, -0.15) is 32.5 Å². The molecular weight excluding hydrogens is 369 g/mol. The van der Waals surface area contributed by atoms with Gasteiger partial charge in [0.2, 0.25) is 10.0 Å². The van der Waals surface area contributed by atoms with Gasteiger partial charge < -0.3 is 0 Å². The Kier molecular flexibility index (Phi) is 4.07. The van der Waals surface area contributed by atoms with Crippen LogP contribution >= 0.6 is 0 Å². The summed E-state index contributed by atoms with van der Waals surface area (Å²) in [7, 11) is -4.24. The van der Waals surface area contributed by atoms with Gasteiger partial charge in [0.25, 0.3) is 0 Å². The number of hydrogen-bond donors (Lipinski definition) is 0. The van der Waals surface area contributed by atoms with Crippen LogP contribution < -0.4 is 0 Å². The van der Waals surface area contributed by atoms with E-state index in [2.05, 4.69) is 10.2 Å². The zero-order chi connectivity index (χ0) is 18.5. The molecule has 2 saturated heterocycles. The van der Waals surface area contributed by atoms with E-state index in [4.69, 9.17) is 0 Å². The molecule has 140 valence electrons. The van der Waals surface area contributed by atoms with Crippen LogP contribution in [0.2, 0.25) is 0 Å². The highest BCUT2D eigenvalue weighted by molar-refractivity contribution is 7.89. The van der Waals surface area contributed by atoms with Crippen molar-refractivity contribution in [2.24, 2.45) is 0 Å². The fourth-order valence-electron chi connectivity index (χ4n) is 4.14. The fraction of sp³-hybridized carbons (Fsp3) is 0.500. The van der Waals surface area contributed by atoms with E-state index in [0.29, 0.717) is 25.7 Å². The molecule has 26 heavy (non-hydrogen) atoms. The van der Waals surface area contributed by atoms with Crippen LogP contribution in [0.4, 0.5) is 13.2 Å². The zero-order valence-corrected chi connectivity index (χ0v) is 14.5. The van der Waals surface area contributed by atoms with E-state index in [0.717, 1.165) is 12.1 Å². The Morgan fingerprint density at radius 3 is 2.12 bits per heavy atom. The van der Waals surface area contributed by atoms with Crippen LogP contribution in [0.3, 0.4) is 0 Å². The first-order valence-corrected chi connectivity index (χ1v) is 9.78. The lowest BCUT2D eigenvalue weighted by atomic mass is 10.0. The van der Waals surface area contributed by atoms with E-state index in [1.165, 1.54) is 16.4 Å². The summed E-state index contributed by atoms with van der Waals surface area (Å²) >= 11 is 0. The lowest BCUT2D eigenvalue weighted by Gasteiger charge is -2.37. The number of sulfonamides is 1. The number of alkyl halides is 3. The molecule has 2 aromatic rings. The van der Waals surface area contributed by atoms with Gasteiger partial charge in [-0.25, -0.2) is 8.42 Å². The van der Waals surface area contributed by atoms with Gasteiger partial charge in [0.15, 0.2) is 0 Å². The minimum atomic E-state index is -4.72. The van der Waals surface area contributed by atoms with E-state index in [9.17, 15) is 21.6 Å². The lowest BCUT2D eigenvalue weighted by Crippen LogP contribution is -2.47. The van der Waals surface area contributed by atoms with Gasteiger partial charge in [-0.1, -0.05) is 12.1 Å². The quantitative estimate of drug-likeness (QED) is 0.814. The largest absolute Gasteiger partial charge is 0.417 e. The van der Waals surface area contributed by atoms with Crippen LogP contribution in [0.15, 0.2) is 41.6 Å². The molecule has 4 rings (SSSR count). The molecule has 0 N–H and O–H groups in total. The number of benzene rings is 1. The molecule has 6 nitrogen and oxygen atoms in total. The van der Waals surface area contributed by atoms with Crippen LogP contribution in [-0.2, 0) is 16.2 Å². The number of aromatic nitrogens is 3. The van der Waals surface area contributed by atoms with Gasteiger partial charge in [0, 0.05) is 12.1 Å². The first kappa shape index (κ1) is 17.5. The summed E-state index contributed by atoms with van der Waals surface area (Å²) in [6.07, 6.45) is 0.665. The molecule has 1 aromatic carbocycles. The summed E-state index contributed by atoms with van der Waals surface area (Å²) in [5.41, 5.74) is -1.12. The lowest BCUT2D eigenvalue weighted by molar-refractivity contribution is -0.139. The predicted molar refractivity (Wildman–Crippen MR) is 85.6 cm³/mol. The first-order valence-electron chi connectivity index (χ1n) is 8.34. The Balaban J connectivity index is 1.69. The molecule has 2 aliphatic heterocycles. The Labute approximate surface area is 148 Å². The average molecular weight is 386 g/mol. The molecular formula is C16H17F3N4O2S. The molecule has 2 atom stereocenters. The summed E-state index contributed by atoms with van der Waals surface area (Å²) in [6, 6.07) is 3.67. The normalized spacial score (nSPS) is 27.0. The standard InChI is InChI=1S/C16H17F3N4O2S/c17-16(18,19)14-3-1-2-4-15(14)26(24,25)22-11-5-6-12(22)10-13(9-11)23-20-7-8-21-23/h1-4,7-8,11-13H,5-6,9-10H2. The van der Waals surface area contributed by atoms with E-state index < -0.39 is 26.7 Å². The number of halogens is 3. The van der Waals surface area contributed by atoms with E-state index >= 15 is 0 Å². The third kappa shape index (κ3) is 2.81. The average Bonchev–Trinajstić information content (AvgIpc) is 3.21. The van der Waals surface area contributed by atoms with Crippen LogP contribution in [0.25, 0.3) is 0 Å². The van der Waals surface area contributed by atoms with Crippen molar-refractivity contribution in [3.05, 3.63) is 42.2 Å². The minimum absolute atomic E-state index is 0.0354. The Bertz CT molecular complexity index is 884. The molecule has 10 heteroatoms. The number of piperidine rings is 1. The fourth-order valence-corrected chi connectivity index (χ4v) is 6.25. The van der Waals surface area contributed by atoms with E-state index in [1.54, 1.807) is 17.2 Å². The maximum Gasteiger partial charge on any atom is 0.417 e. The molecule has 0 saturated carbocycles. The number of nitrogens with zero attached hydrogens (tertiary/aromatic N) is 4. The topological polar surface area (TPSA) is 68.1 Å². The maximum absolute atomic E-state index is 13.3. The summed E-state index contributed by atoms with van der Waals surface area (Å²) in [5.74, 6) is 0. The van der Waals surface area contributed by atoms with Crippen LogP contribution in [-0.4, -0.2) is 39.8 Å². The third-order valence-corrected chi connectivity index (χ3v) is 7.22. The highest BCUT2D eigenvalue weighted by atomic mass is 32.2. The molecule has 2 unspecified atom stereocenters. The van der Waals surface area contributed by atoms with Crippen molar-refractivity contribution in [2.45, 2.75) is 54.9 Å². The van der Waals surface area contributed by atoms with Crippen LogP contribution in [0.1, 0.15) is 37.3 Å². The van der Waals surface area contributed by atoms with Gasteiger partial charge in [-0.15, -0.1) is 0 Å². The van der Waals surface area contributed by atoms with Gasteiger partial charge in [0.05, 0.1) is 28.9 Å². The zero-order valence-electron chi connectivity index (χ0n) is 13.7. The Hall–Kier alpha value is -1.94. The number of rotatable bonds is 3. The predicted octanol–water partition coefficient (Wildman–Crippen LogP) is 2.85. The third-order valence-electron chi connectivity index (χ3n) is 5.15. The summed E-state index contributed by atoms with van der Waals surface area (Å²) in [5, 5.41) is 8.23. The van der Waals surface area contributed by atoms with E-state index in [-0.39, 0.29) is 18.1 Å². The molecule has 0 spiro atoms. The second-order valence-electron chi connectivity index (χ2n) is 6.69. The molecule has 2 bridgehead atoms. The number of hydrogen-bond acceptors (Lipinski definition) is 4. The second kappa shape index (κ2) is 6.05. The summed E-state index contributed by atoms with van der Waals surface area (Å²) in [4.78, 5) is 0.902. The van der Waals surface area contributed by atoms with Crippen molar-refractivity contribution in [3.8, 4) is 0 Å². The van der Waals surface area contributed by atoms with Crippen molar-refractivity contribution < 1.29 is 21.6 Å². The summed E-state index contributed by atoms with van der Waals surface area (Å²) in [6.45, 7) is 0. The monoisotopic (exact) mass is 386 g/mol. The van der Waals surface area contributed by atoms with Gasteiger partial charge in [0.1, 0.15) is 0 Å². The van der Waals surface area contributed by atoms with Crippen LogP contribution in [0.5, 0.6) is 0 Å². The second-order valence-corrected chi connectivity index (χ2v) is 8.50. The van der Waals surface area contributed by atoms with Crippen molar-refractivity contribution >= 4 is 10.0 Å². The van der Waals surface area contributed by atoms with Crippen molar-refractivity contribution in [3.63, 3.8) is 0 Å². The van der Waals surface area contributed by atoms with Crippen LogP contribution in [0, 0.1) is 0 Å². The van der Waals surface area contributed by atoms with Crippen molar-refractivity contribution in [2.75, 3.05) is 0 Å². The molecule has 0 radical (unpaired) electrons. The molecule has 2 aliphatic rings. The van der Waals surface area contributed by atoms with Gasteiger partial charge >= 0.3 is 6.18 Å². The minimum Gasteiger partial charge on any atom is -0.207 e. The van der Waals surface area contributed by atoms with Gasteiger partial charge in [-0.05, 0) is 37.8 Å².